The second kappa shape index (κ2) is 9.06. The van der Waals surface area contributed by atoms with Gasteiger partial charge in [0.1, 0.15) is 11.2 Å². The largest absolute Gasteiger partial charge is 0.456 e. The predicted molar refractivity (Wildman–Crippen MR) is 116 cm³/mol. The zero-order chi connectivity index (χ0) is 21.9. The van der Waals surface area contributed by atoms with Crippen LogP contribution in [0.1, 0.15) is 98.8 Å². The van der Waals surface area contributed by atoms with Gasteiger partial charge in [0.15, 0.2) is 0 Å². The second-order valence-corrected chi connectivity index (χ2v) is 10.3. The first kappa shape index (κ1) is 23.7. The molecule has 4 nitrogen and oxygen atoms in total. The van der Waals surface area contributed by atoms with E-state index in [1.165, 1.54) is 6.42 Å². The molecule has 0 amide bonds. The summed E-state index contributed by atoms with van der Waals surface area (Å²) in [7, 11) is 0. The Hall–Kier alpha value is -1.58. The Morgan fingerprint density at radius 1 is 1.00 bits per heavy atom. The molecule has 164 valence electrons. The highest BCUT2D eigenvalue weighted by atomic mass is 16.6. The number of carbonyl (C=O) groups excluding carboxylic acids is 2. The van der Waals surface area contributed by atoms with Crippen LogP contribution in [0.5, 0.6) is 0 Å². The fourth-order valence-corrected chi connectivity index (χ4v) is 4.90. The van der Waals surface area contributed by atoms with Crippen molar-refractivity contribution >= 4 is 11.9 Å². The monoisotopic (exact) mass is 404 g/mol. The Labute approximate surface area is 177 Å². The third-order valence-electron chi connectivity index (χ3n) is 7.12. The van der Waals surface area contributed by atoms with Crippen molar-refractivity contribution in [2.75, 3.05) is 0 Å². The van der Waals surface area contributed by atoms with Gasteiger partial charge in [-0.2, -0.15) is 0 Å². The SMILES string of the molecule is C=C(C)C(=O)OC1(C(C)(C)C)CCC(CC(=C)C(=O)OC2(CC)CCCCC2)C1. The first-order valence-electron chi connectivity index (χ1n) is 11.2. The van der Waals surface area contributed by atoms with Crippen molar-refractivity contribution < 1.29 is 19.1 Å². The quantitative estimate of drug-likeness (QED) is 0.369. The van der Waals surface area contributed by atoms with E-state index in [4.69, 9.17) is 9.47 Å². The van der Waals surface area contributed by atoms with Crippen molar-refractivity contribution in [1.82, 2.24) is 0 Å². The van der Waals surface area contributed by atoms with Gasteiger partial charge < -0.3 is 9.47 Å². The molecular formula is C25H40O4. The van der Waals surface area contributed by atoms with Crippen LogP contribution in [-0.4, -0.2) is 23.1 Å². The van der Waals surface area contributed by atoms with E-state index in [0.29, 0.717) is 17.6 Å². The topological polar surface area (TPSA) is 52.6 Å². The molecule has 2 fully saturated rings. The van der Waals surface area contributed by atoms with Gasteiger partial charge in [-0.3, -0.25) is 0 Å². The Kier molecular flexibility index (Phi) is 7.40. The van der Waals surface area contributed by atoms with Crippen molar-refractivity contribution in [3.8, 4) is 0 Å². The first-order valence-corrected chi connectivity index (χ1v) is 11.2. The van der Waals surface area contributed by atoms with Gasteiger partial charge in [0, 0.05) is 16.6 Å². The van der Waals surface area contributed by atoms with Gasteiger partial charge in [0.05, 0.1) is 0 Å². The van der Waals surface area contributed by atoms with E-state index in [-0.39, 0.29) is 28.9 Å². The highest BCUT2D eigenvalue weighted by Crippen LogP contribution is 2.50. The maximum atomic E-state index is 12.8. The molecule has 0 aliphatic heterocycles. The van der Waals surface area contributed by atoms with E-state index in [9.17, 15) is 9.59 Å². The smallest absolute Gasteiger partial charge is 0.333 e. The van der Waals surface area contributed by atoms with Gasteiger partial charge in [-0.1, -0.05) is 47.3 Å². The van der Waals surface area contributed by atoms with Crippen LogP contribution in [0.25, 0.3) is 0 Å². The molecule has 29 heavy (non-hydrogen) atoms. The summed E-state index contributed by atoms with van der Waals surface area (Å²) in [6.07, 6.45) is 9.28. The maximum absolute atomic E-state index is 12.8. The average molecular weight is 405 g/mol. The standard InChI is InChI=1S/C25H40O4/c1-8-24(13-10-9-11-14-24)28-22(27)19(4)16-20-12-15-25(17-20,23(5,6)7)29-21(26)18(2)3/h20H,2,4,8-17H2,1,3,5-7H3. The van der Waals surface area contributed by atoms with Crippen molar-refractivity contribution in [3.05, 3.63) is 24.3 Å². The van der Waals surface area contributed by atoms with Crippen molar-refractivity contribution in [2.45, 2.75) is 110 Å². The molecule has 2 aliphatic carbocycles. The van der Waals surface area contributed by atoms with Crippen LogP contribution in [0.15, 0.2) is 24.3 Å². The normalized spacial score (nSPS) is 26.6. The van der Waals surface area contributed by atoms with Crippen LogP contribution in [-0.2, 0) is 19.1 Å². The maximum Gasteiger partial charge on any atom is 0.333 e. The van der Waals surface area contributed by atoms with Crippen LogP contribution in [0.2, 0.25) is 0 Å². The van der Waals surface area contributed by atoms with Gasteiger partial charge in [-0.25, -0.2) is 9.59 Å². The van der Waals surface area contributed by atoms with Crippen LogP contribution < -0.4 is 0 Å². The lowest BCUT2D eigenvalue weighted by molar-refractivity contribution is -0.168. The number of esters is 2. The molecule has 2 rings (SSSR count). The van der Waals surface area contributed by atoms with Gasteiger partial charge in [0.2, 0.25) is 0 Å². The summed E-state index contributed by atoms with van der Waals surface area (Å²) in [6.45, 7) is 17.9. The third kappa shape index (κ3) is 5.52. The highest BCUT2D eigenvalue weighted by Gasteiger charge is 2.51. The van der Waals surface area contributed by atoms with Crippen molar-refractivity contribution in [3.63, 3.8) is 0 Å². The predicted octanol–water partition coefficient (Wildman–Crippen LogP) is 6.29. The zero-order valence-corrected chi connectivity index (χ0v) is 19.2. The van der Waals surface area contributed by atoms with Gasteiger partial charge in [0.25, 0.3) is 0 Å². The number of carbonyl (C=O) groups is 2. The molecule has 2 aliphatic rings. The lowest BCUT2D eigenvalue weighted by atomic mass is 9.74. The minimum Gasteiger partial charge on any atom is -0.456 e. The molecule has 2 saturated carbocycles. The first-order chi connectivity index (χ1) is 13.4. The van der Waals surface area contributed by atoms with Crippen molar-refractivity contribution in [1.29, 1.82) is 0 Å². The molecule has 2 atom stereocenters. The molecular weight excluding hydrogens is 364 g/mol. The van der Waals surface area contributed by atoms with Crippen LogP contribution in [0.4, 0.5) is 0 Å². The summed E-state index contributed by atoms with van der Waals surface area (Å²) in [5, 5.41) is 0. The van der Waals surface area contributed by atoms with E-state index >= 15 is 0 Å². The Balaban J connectivity index is 2.01. The molecule has 0 bridgehead atoms. The molecule has 0 saturated heterocycles. The van der Waals surface area contributed by atoms with E-state index in [0.717, 1.165) is 51.4 Å². The summed E-state index contributed by atoms with van der Waals surface area (Å²) < 4.78 is 11.9. The third-order valence-corrected chi connectivity index (χ3v) is 7.12. The molecule has 2 unspecified atom stereocenters. The number of ether oxygens (including phenoxy) is 2. The van der Waals surface area contributed by atoms with Crippen LogP contribution in [0, 0.1) is 11.3 Å². The van der Waals surface area contributed by atoms with E-state index in [2.05, 4.69) is 40.9 Å². The summed E-state index contributed by atoms with van der Waals surface area (Å²) in [5.41, 5.74) is -0.0681. The fraction of sp³-hybridized carbons (Fsp3) is 0.760. The second-order valence-electron chi connectivity index (χ2n) is 10.3. The number of hydrogen-bond donors (Lipinski definition) is 0. The lowest BCUT2D eigenvalue weighted by Crippen LogP contribution is -2.45. The summed E-state index contributed by atoms with van der Waals surface area (Å²) in [5.74, 6) is -0.321. The van der Waals surface area contributed by atoms with Gasteiger partial charge >= 0.3 is 11.9 Å². The average Bonchev–Trinajstić information content (AvgIpc) is 3.06. The van der Waals surface area contributed by atoms with Crippen LogP contribution in [0.3, 0.4) is 0 Å². The minimum absolute atomic E-state index is 0.191. The minimum atomic E-state index is -0.536. The molecule has 0 heterocycles. The molecule has 0 aromatic carbocycles. The van der Waals surface area contributed by atoms with E-state index < -0.39 is 5.60 Å². The summed E-state index contributed by atoms with van der Waals surface area (Å²) in [4.78, 5) is 25.0. The molecule has 0 spiro atoms. The Morgan fingerprint density at radius 3 is 2.14 bits per heavy atom. The van der Waals surface area contributed by atoms with E-state index in [1.54, 1.807) is 6.92 Å². The zero-order valence-electron chi connectivity index (χ0n) is 19.2. The molecule has 0 N–H and O–H groups in total. The molecule has 0 radical (unpaired) electrons. The molecule has 0 aromatic heterocycles. The summed E-state index contributed by atoms with van der Waals surface area (Å²) >= 11 is 0. The van der Waals surface area contributed by atoms with Crippen LogP contribution >= 0.6 is 0 Å². The Bertz CT molecular complexity index is 648. The molecule has 4 heteroatoms. The summed E-state index contributed by atoms with van der Waals surface area (Å²) in [6, 6.07) is 0. The van der Waals surface area contributed by atoms with Gasteiger partial charge in [-0.15, -0.1) is 0 Å². The highest BCUT2D eigenvalue weighted by molar-refractivity contribution is 5.88. The number of hydrogen-bond acceptors (Lipinski definition) is 4. The lowest BCUT2D eigenvalue weighted by Gasteiger charge is -2.41. The Morgan fingerprint density at radius 2 is 1.62 bits per heavy atom. The van der Waals surface area contributed by atoms with Gasteiger partial charge in [-0.05, 0) is 70.6 Å². The molecule has 0 aromatic rings. The van der Waals surface area contributed by atoms with Crippen molar-refractivity contribution in [2.24, 2.45) is 11.3 Å². The van der Waals surface area contributed by atoms with E-state index in [1.807, 2.05) is 0 Å². The fourth-order valence-electron chi connectivity index (χ4n) is 4.90. The number of rotatable bonds is 7.